The van der Waals surface area contributed by atoms with Gasteiger partial charge in [-0.25, -0.2) is 4.52 Å². The van der Waals surface area contributed by atoms with Gasteiger partial charge in [-0.15, -0.1) is 0 Å². The van der Waals surface area contributed by atoms with E-state index in [1.54, 1.807) is 4.52 Å². The van der Waals surface area contributed by atoms with Crippen molar-refractivity contribution >= 4 is 11.2 Å². The van der Waals surface area contributed by atoms with E-state index in [-0.39, 0.29) is 6.61 Å². The standard InChI is InChI=1S/C9H11N3O/c1-10-7-2-3-9-4-8(6-13)11-12(9)5-7/h2-5,10,13H,6H2,1H3. The van der Waals surface area contributed by atoms with Gasteiger partial charge in [0, 0.05) is 7.05 Å². The number of anilines is 1. The Balaban J connectivity index is 2.57. The van der Waals surface area contributed by atoms with Crippen LogP contribution in [0.5, 0.6) is 0 Å². The Bertz CT molecular complexity index is 420. The number of nitrogens with zero attached hydrogens (tertiary/aromatic N) is 2. The van der Waals surface area contributed by atoms with Crippen LogP contribution < -0.4 is 5.32 Å². The third-order valence-corrected chi connectivity index (χ3v) is 1.96. The zero-order valence-electron chi connectivity index (χ0n) is 7.36. The summed E-state index contributed by atoms with van der Waals surface area (Å²) in [5, 5.41) is 16.1. The van der Waals surface area contributed by atoms with E-state index >= 15 is 0 Å². The normalized spacial score (nSPS) is 10.6. The van der Waals surface area contributed by atoms with Gasteiger partial charge in [-0.2, -0.15) is 5.10 Å². The molecular weight excluding hydrogens is 166 g/mol. The average Bonchev–Trinajstić information content (AvgIpc) is 2.58. The van der Waals surface area contributed by atoms with Crippen molar-refractivity contribution in [3.05, 3.63) is 30.1 Å². The third kappa shape index (κ3) is 1.36. The molecule has 0 aromatic carbocycles. The molecule has 13 heavy (non-hydrogen) atoms. The topological polar surface area (TPSA) is 49.6 Å². The quantitative estimate of drug-likeness (QED) is 0.715. The fraction of sp³-hybridized carbons (Fsp3) is 0.222. The number of pyridine rings is 1. The number of fused-ring (bicyclic) bond motifs is 1. The van der Waals surface area contributed by atoms with Gasteiger partial charge in [0.1, 0.15) is 0 Å². The van der Waals surface area contributed by atoms with E-state index in [2.05, 4.69) is 10.4 Å². The number of aromatic nitrogens is 2. The van der Waals surface area contributed by atoms with E-state index in [0.717, 1.165) is 11.2 Å². The fourth-order valence-electron chi connectivity index (χ4n) is 1.26. The first-order valence-electron chi connectivity index (χ1n) is 4.10. The van der Waals surface area contributed by atoms with E-state index in [1.165, 1.54) is 0 Å². The van der Waals surface area contributed by atoms with Crippen molar-refractivity contribution in [1.29, 1.82) is 0 Å². The molecule has 0 unspecified atom stereocenters. The molecule has 0 aliphatic heterocycles. The molecule has 2 rings (SSSR count). The maximum Gasteiger partial charge on any atom is 0.0889 e. The molecule has 0 radical (unpaired) electrons. The van der Waals surface area contributed by atoms with Crippen molar-refractivity contribution in [3.8, 4) is 0 Å². The highest BCUT2D eigenvalue weighted by molar-refractivity contribution is 5.54. The summed E-state index contributed by atoms with van der Waals surface area (Å²) in [6, 6.07) is 5.79. The Hall–Kier alpha value is -1.55. The number of aliphatic hydroxyl groups excluding tert-OH is 1. The smallest absolute Gasteiger partial charge is 0.0889 e. The third-order valence-electron chi connectivity index (χ3n) is 1.96. The zero-order valence-corrected chi connectivity index (χ0v) is 7.36. The molecule has 0 spiro atoms. The minimum Gasteiger partial charge on any atom is -0.390 e. The van der Waals surface area contributed by atoms with Gasteiger partial charge in [0.25, 0.3) is 0 Å². The van der Waals surface area contributed by atoms with E-state index in [9.17, 15) is 0 Å². The highest BCUT2D eigenvalue weighted by Crippen LogP contribution is 2.11. The monoisotopic (exact) mass is 177 g/mol. The lowest BCUT2D eigenvalue weighted by atomic mass is 10.3. The molecule has 0 aliphatic rings. The molecule has 68 valence electrons. The molecule has 4 nitrogen and oxygen atoms in total. The summed E-state index contributed by atoms with van der Waals surface area (Å²) in [4.78, 5) is 0. The predicted octanol–water partition coefficient (Wildman–Crippen LogP) is 0.868. The molecule has 2 N–H and O–H groups in total. The van der Waals surface area contributed by atoms with Gasteiger partial charge in [-0.05, 0) is 18.2 Å². The molecule has 0 bridgehead atoms. The molecular formula is C9H11N3O. The minimum atomic E-state index is -0.0173. The first kappa shape index (κ1) is 8.07. The lowest BCUT2D eigenvalue weighted by Crippen LogP contribution is -1.93. The second-order valence-corrected chi connectivity index (χ2v) is 2.83. The Labute approximate surface area is 75.8 Å². The largest absolute Gasteiger partial charge is 0.390 e. The number of hydrogen-bond donors (Lipinski definition) is 2. The summed E-state index contributed by atoms with van der Waals surface area (Å²) in [5.74, 6) is 0. The first-order chi connectivity index (χ1) is 6.33. The summed E-state index contributed by atoms with van der Waals surface area (Å²) >= 11 is 0. The van der Waals surface area contributed by atoms with Crippen LogP contribution in [0.4, 0.5) is 5.69 Å². The van der Waals surface area contributed by atoms with Crippen LogP contribution in [0.3, 0.4) is 0 Å². The first-order valence-corrected chi connectivity index (χ1v) is 4.10. The highest BCUT2D eigenvalue weighted by atomic mass is 16.3. The number of hydrogen-bond acceptors (Lipinski definition) is 3. The average molecular weight is 177 g/mol. The second-order valence-electron chi connectivity index (χ2n) is 2.83. The zero-order chi connectivity index (χ0) is 9.26. The Morgan fingerprint density at radius 1 is 1.54 bits per heavy atom. The second kappa shape index (κ2) is 3.06. The molecule has 4 heteroatoms. The molecule has 0 atom stereocenters. The Morgan fingerprint density at radius 3 is 3.08 bits per heavy atom. The van der Waals surface area contributed by atoms with Crippen LogP contribution in [-0.4, -0.2) is 21.8 Å². The number of rotatable bonds is 2. The van der Waals surface area contributed by atoms with E-state index in [1.807, 2.05) is 31.4 Å². The van der Waals surface area contributed by atoms with Crippen molar-refractivity contribution in [2.24, 2.45) is 0 Å². The van der Waals surface area contributed by atoms with Crippen LogP contribution in [0, 0.1) is 0 Å². The molecule has 0 saturated carbocycles. The van der Waals surface area contributed by atoms with Crippen molar-refractivity contribution in [2.75, 3.05) is 12.4 Å². The molecule has 2 aromatic rings. The molecule has 0 aliphatic carbocycles. The van der Waals surface area contributed by atoms with Crippen molar-refractivity contribution in [2.45, 2.75) is 6.61 Å². The Morgan fingerprint density at radius 2 is 2.38 bits per heavy atom. The molecule has 0 saturated heterocycles. The summed E-state index contributed by atoms with van der Waals surface area (Å²) in [5.41, 5.74) is 2.68. The lowest BCUT2D eigenvalue weighted by Gasteiger charge is -1.99. The number of aliphatic hydroxyl groups is 1. The van der Waals surface area contributed by atoms with E-state index in [4.69, 9.17) is 5.11 Å². The van der Waals surface area contributed by atoms with Crippen LogP contribution in [-0.2, 0) is 6.61 Å². The summed E-state index contributed by atoms with van der Waals surface area (Å²) < 4.78 is 1.75. The Kier molecular flexibility index (Phi) is 1.90. The highest BCUT2D eigenvalue weighted by Gasteiger charge is 1.99. The number of nitrogens with one attached hydrogen (secondary N) is 1. The molecule has 0 fully saturated rings. The van der Waals surface area contributed by atoms with Gasteiger partial charge in [-0.1, -0.05) is 0 Å². The van der Waals surface area contributed by atoms with Crippen LogP contribution in [0.25, 0.3) is 5.52 Å². The van der Waals surface area contributed by atoms with Crippen LogP contribution >= 0.6 is 0 Å². The van der Waals surface area contributed by atoms with E-state index < -0.39 is 0 Å². The summed E-state index contributed by atoms with van der Waals surface area (Å²) in [6.45, 7) is -0.0173. The molecule has 2 heterocycles. The van der Waals surface area contributed by atoms with Gasteiger partial charge >= 0.3 is 0 Å². The van der Waals surface area contributed by atoms with Crippen molar-refractivity contribution in [1.82, 2.24) is 9.61 Å². The lowest BCUT2D eigenvalue weighted by molar-refractivity contribution is 0.276. The van der Waals surface area contributed by atoms with Crippen LogP contribution in [0.15, 0.2) is 24.4 Å². The maximum atomic E-state index is 8.87. The van der Waals surface area contributed by atoms with Crippen molar-refractivity contribution in [3.63, 3.8) is 0 Å². The molecule has 2 aromatic heterocycles. The van der Waals surface area contributed by atoms with Gasteiger partial charge in [-0.3, -0.25) is 0 Å². The van der Waals surface area contributed by atoms with Gasteiger partial charge in [0.15, 0.2) is 0 Å². The molecule has 0 amide bonds. The summed E-state index contributed by atoms with van der Waals surface area (Å²) in [7, 11) is 1.86. The van der Waals surface area contributed by atoms with Gasteiger partial charge in [0.2, 0.25) is 0 Å². The fourth-order valence-corrected chi connectivity index (χ4v) is 1.26. The van der Waals surface area contributed by atoms with Crippen molar-refractivity contribution < 1.29 is 5.11 Å². The van der Waals surface area contributed by atoms with E-state index in [0.29, 0.717) is 5.69 Å². The summed E-state index contributed by atoms with van der Waals surface area (Å²) in [6.07, 6.45) is 1.88. The predicted molar refractivity (Wildman–Crippen MR) is 50.7 cm³/mol. The van der Waals surface area contributed by atoms with Crippen LogP contribution in [0.2, 0.25) is 0 Å². The van der Waals surface area contributed by atoms with Gasteiger partial charge < -0.3 is 10.4 Å². The van der Waals surface area contributed by atoms with Crippen LogP contribution in [0.1, 0.15) is 5.69 Å². The van der Waals surface area contributed by atoms with Gasteiger partial charge in [0.05, 0.1) is 29.7 Å². The maximum absolute atomic E-state index is 8.87. The SMILES string of the molecule is CNc1ccc2cc(CO)nn2c1. The minimum absolute atomic E-state index is 0.0173.